The number of unbranched alkanes of at least 4 members (excludes halogenated alkanes) is 1. The van der Waals surface area contributed by atoms with Crippen LogP contribution in [-0.4, -0.2) is 49.9 Å². The van der Waals surface area contributed by atoms with Gasteiger partial charge in [0.2, 0.25) is 0 Å². The van der Waals surface area contributed by atoms with Gasteiger partial charge in [-0.1, -0.05) is 13.3 Å². The standard InChI is InChI=1S/C12H23N5O/c1-2-3-7-17-12(13-14-15-17)9-16-6-4-5-11(8-16)10-18/h11,18H,2-10H2,1H3. The van der Waals surface area contributed by atoms with E-state index in [1.165, 1.54) is 0 Å². The Bertz CT molecular complexity index is 354. The van der Waals surface area contributed by atoms with Crippen LogP contribution in [0.5, 0.6) is 0 Å². The zero-order valence-electron chi connectivity index (χ0n) is 11.1. The number of rotatable bonds is 6. The molecule has 1 aliphatic heterocycles. The van der Waals surface area contributed by atoms with E-state index in [1.807, 2.05) is 4.68 Å². The maximum atomic E-state index is 9.23. The average Bonchev–Trinajstić information content (AvgIpc) is 2.84. The van der Waals surface area contributed by atoms with Crippen LogP contribution in [0.1, 0.15) is 38.4 Å². The Hall–Kier alpha value is -1.01. The highest BCUT2D eigenvalue weighted by atomic mass is 16.3. The van der Waals surface area contributed by atoms with E-state index in [2.05, 4.69) is 27.3 Å². The lowest BCUT2D eigenvalue weighted by Gasteiger charge is -2.31. The molecular weight excluding hydrogens is 230 g/mol. The number of nitrogens with zero attached hydrogens (tertiary/aromatic N) is 5. The van der Waals surface area contributed by atoms with Crippen molar-refractivity contribution in [1.82, 2.24) is 25.1 Å². The minimum absolute atomic E-state index is 0.289. The highest BCUT2D eigenvalue weighted by molar-refractivity contribution is 4.83. The molecule has 0 amide bonds. The largest absolute Gasteiger partial charge is 0.396 e. The van der Waals surface area contributed by atoms with Crippen molar-refractivity contribution in [3.05, 3.63) is 5.82 Å². The SMILES string of the molecule is CCCCn1nnnc1CN1CCCC(CO)C1. The molecule has 102 valence electrons. The maximum Gasteiger partial charge on any atom is 0.165 e. The van der Waals surface area contributed by atoms with Crippen LogP contribution in [0.4, 0.5) is 0 Å². The van der Waals surface area contributed by atoms with Crippen LogP contribution >= 0.6 is 0 Å². The summed E-state index contributed by atoms with van der Waals surface area (Å²) in [4.78, 5) is 2.35. The minimum atomic E-state index is 0.289. The summed E-state index contributed by atoms with van der Waals surface area (Å²) in [7, 11) is 0. The van der Waals surface area contributed by atoms with E-state index in [9.17, 15) is 5.11 Å². The van der Waals surface area contributed by atoms with Crippen LogP contribution in [-0.2, 0) is 13.1 Å². The summed E-state index contributed by atoms with van der Waals surface area (Å²) in [5.74, 6) is 1.36. The Morgan fingerprint density at radius 1 is 1.44 bits per heavy atom. The van der Waals surface area contributed by atoms with Gasteiger partial charge in [-0.15, -0.1) is 5.10 Å². The van der Waals surface area contributed by atoms with Crippen LogP contribution in [0.15, 0.2) is 0 Å². The van der Waals surface area contributed by atoms with Gasteiger partial charge in [-0.25, -0.2) is 4.68 Å². The highest BCUT2D eigenvalue weighted by Gasteiger charge is 2.20. The molecule has 0 bridgehead atoms. The molecule has 18 heavy (non-hydrogen) atoms. The van der Waals surface area contributed by atoms with Crippen LogP contribution in [0.25, 0.3) is 0 Å². The van der Waals surface area contributed by atoms with Crippen molar-refractivity contribution in [3.8, 4) is 0 Å². The monoisotopic (exact) mass is 253 g/mol. The van der Waals surface area contributed by atoms with Gasteiger partial charge < -0.3 is 5.11 Å². The van der Waals surface area contributed by atoms with Crippen molar-refractivity contribution >= 4 is 0 Å². The molecule has 6 nitrogen and oxygen atoms in total. The molecule has 1 atom stereocenters. The van der Waals surface area contributed by atoms with E-state index in [4.69, 9.17) is 0 Å². The molecule has 0 radical (unpaired) electrons. The van der Waals surface area contributed by atoms with Gasteiger partial charge >= 0.3 is 0 Å². The first-order valence-electron chi connectivity index (χ1n) is 6.91. The van der Waals surface area contributed by atoms with Crippen molar-refractivity contribution in [1.29, 1.82) is 0 Å². The molecule has 1 aromatic heterocycles. The normalized spacial score (nSPS) is 21.3. The van der Waals surface area contributed by atoms with E-state index >= 15 is 0 Å². The number of hydrogen-bond donors (Lipinski definition) is 1. The lowest BCUT2D eigenvalue weighted by Crippen LogP contribution is -2.37. The fourth-order valence-electron chi connectivity index (χ4n) is 2.46. The summed E-state index contributed by atoms with van der Waals surface area (Å²) in [6.07, 6.45) is 4.54. The van der Waals surface area contributed by atoms with E-state index in [-0.39, 0.29) is 6.61 Å². The van der Waals surface area contributed by atoms with Gasteiger partial charge in [0.1, 0.15) is 0 Å². The minimum Gasteiger partial charge on any atom is -0.396 e. The molecule has 2 heterocycles. The third-order valence-electron chi connectivity index (χ3n) is 3.56. The van der Waals surface area contributed by atoms with Crippen molar-refractivity contribution in [2.24, 2.45) is 5.92 Å². The number of aryl methyl sites for hydroxylation is 1. The van der Waals surface area contributed by atoms with E-state index < -0.39 is 0 Å². The summed E-state index contributed by atoms with van der Waals surface area (Å²) >= 11 is 0. The topological polar surface area (TPSA) is 67.1 Å². The summed E-state index contributed by atoms with van der Waals surface area (Å²) in [5.41, 5.74) is 0. The van der Waals surface area contributed by atoms with Crippen LogP contribution in [0.2, 0.25) is 0 Å². The average molecular weight is 253 g/mol. The molecule has 1 N–H and O–H groups in total. The maximum absolute atomic E-state index is 9.23. The van der Waals surface area contributed by atoms with E-state index in [0.29, 0.717) is 5.92 Å². The second kappa shape index (κ2) is 6.80. The van der Waals surface area contributed by atoms with Crippen LogP contribution in [0.3, 0.4) is 0 Å². The lowest BCUT2D eigenvalue weighted by molar-refractivity contribution is 0.112. The predicted molar refractivity (Wildman–Crippen MR) is 67.8 cm³/mol. The Kier molecular flexibility index (Phi) is 5.07. The Labute approximate surface area is 108 Å². The molecule has 0 aromatic carbocycles. The number of likely N-dealkylation sites (tertiary alicyclic amines) is 1. The quantitative estimate of drug-likeness (QED) is 0.807. The summed E-state index contributed by atoms with van der Waals surface area (Å²) < 4.78 is 1.91. The van der Waals surface area contributed by atoms with Gasteiger partial charge in [0.15, 0.2) is 5.82 Å². The molecule has 1 aliphatic rings. The molecule has 1 fully saturated rings. The Morgan fingerprint density at radius 2 is 2.33 bits per heavy atom. The number of hydrogen-bond acceptors (Lipinski definition) is 5. The molecule has 1 aromatic rings. The first-order chi connectivity index (χ1) is 8.83. The number of aliphatic hydroxyl groups excluding tert-OH is 1. The van der Waals surface area contributed by atoms with Gasteiger partial charge in [0, 0.05) is 19.7 Å². The van der Waals surface area contributed by atoms with Crippen molar-refractivity contribution in [2.45, 2.75) is 45.7 Å². The van der Waals surface area contributed by atoms with Crippen molar-refractivity contribution in [2.75, 3.05) is 19.7 Å². The zero-order chi connectivity index (χ0) is 12.8. The van der Waals surface area contributed by atoms with Gasteiger partial charge in [0.05, 0.1) is 6.54 Å². The van der Waals surface area contributed by atoms with Crippen LogP contribution in [0, 0.1) is 5.92 Å². The summed E-state index contributed by atoms with van der Waals surface area (Å²) in [5, 5.41) is 21.1. The summed E-state index contributed by atoms with van der Waals surface area (Å²) in [6, 6.07) is 0. The van der Waals surface area contributed by atoms with Gasteiger partial charge in [-0.2, -0.15) is 0 Å². The first-order valence-corrected chi connectivity index (χ1v) is 6.91. The molecule has 0 aliphatic carbocycles. The molecule has 6 heteroatoms. The molecule has 0 spiro atoms. The van der Waals surface area contributed by atoms with Gasteiger partial charge in [0.25, 0.3) is 0 Å². The highest BCUT2D eigenvalue weighted by Crippen LogP contribution is 2.17. The predicted octanol–water partition coefficient (Wildman–Crippen LogP) is 0.677. The second-order valence-electron chi connectivity index (χ2n) is 5.10. The molecule has 0 saturated carbocycles. The number of piperidine rings is 1. The van der Waals surface area contributed by atoms with Crippen molar-refractivity contribution in [3.63, 3.8) is 0 Å². The number of aliphatic hydroxyl groups is 1. The lowest BCUT2D eigenvalue weighted by atomic mass is 9.99. The molecule has 1 saturated heterocycles. The smallest absolute Gasteiger partial charge is 0.165 e. The number of tetrazole rings is 1. The Morgan fingerprint density at radius 3 is 3.11 bits per heavy atom. The molecule has 1 unspecified atom stereocenters. The summed E-state index contributed by atoms with van der Waals surface area (Å²) in [6.45, 7) is 6.19. The third-order valence-corrected chi connectivity index (χ3v) is 3.56. The zero-order valence-corrected chi connectivity index (χ0v) is 11.1. The fourth-order valence-corrected chi connectivity index (χ4v) is 2.46. The fraction of sp³-hybridized carbons (Fsp3) is 0.917. The van der Waals surface area contributed by atoms with Gasteiger partial charge in [-0.05, 0) is 42.2 Å². The second-order valence-corrected chi connectivity index (χ2v) is 5.10. The number of aromatic nitrogens is 4. The third kappa shape index (κ3) is 3.49. The molecular formula is C12H23N5O. The Balaban J connectivity index is 1.90. The first kappa shape index (κ1) is 13.4. The van der Waals surface area contributed by atoms with Gasteiger partial charge in [-0.3, -0.25) is 4.90 Å². The molecule has 2 rings (SSSR count). The van der Waals surface area contributed by atoms with E-state index in [0.717, 1.165) is 57.7 Å². The van der Waals surface area contributed by atoms with Crippen molar-refractivity contribution < 1.29 is 5.11 Å². The van der Waals surface area contributed by atoms with E-state index in [1.54, 1.807) is 0 Å². The van der Waals surface area contributed by atoms with Crippen LogP contribution < -0.4 is 0 Å².